The van der Waals surface area contributed by atoms with Crippen molar-refractivity contribution in [2.24, 2.45) is 0 Å². The number of para-hydroxylation sites is 1. The molecular weight excluding hydrogens is 190 g/mol. The van der Waals surface area contributed by atoms with E-state index in [0.29, 0.717) is 6.04 Å². The molecule has 1 atom stereocenters. The molecule has 0 aromatic heterocycles. The minimum Gasteiger partial charge on any atom is -0.481 e. The lowest BCUT2D eigenvalue weighted by atomic mass is 10.1. The standard InChI is InChI=1S/C12H15NO2/c1-13-10(6-7-12(14)15)8-9-4-2-3-5-11(9)13/h2-5,10H,6-8H2,1H3,(H,14,15). The van der Waals surface area contributed by atoms with Gasteiger partial charge in [-0.25, -0.2) is 0 Å². The molecule has 1 aromatic carbocycles. The van der Waals surface area contributed by atoms with Crippen LogP contribution in [0.5, 0.6) is 0 Å². The highest BCUT2D eigenvalue weighted by molar-refractivity contribution is 5.67. The van der Waals surface area contributed by atoms with Gasteiger partial charge in [-0.1, -0.05) is 18.2 Å². The molecule has 0 fully saturated rings. The number of carboxylic acids is 1. The van der Waals surface area contributed by atoms with Gasteiger partial charge in [0.15, 0.2) is 0 Å². The van der Waals surface area contributed by atoms with Crippen LogP contribution in [0, 0.1) is 0 Å². The fourth-order valence-electron chi connectivity index (χ4n) is 2.20. The Kier molecular flexibility index (Phi) is 2.62. The number of nitrogens with zero attached hydrogens (tertiary/aromatic N) is 1. The molecule has 0 aliphatic carbocycles. The summed E-state index contributed by atoms with van der Waals surface area (Å²) in [6.07, 6.45) is 1.95. The van der Waals surface area contributed by atoms with Gasteiger partial charge >= 0.3 is 5.97 Å². The molecule has 0 saturated carbocycles. The van der Waals surface area contributed by atoms with Crippen molar-refractivity contribution in [2.45, 2.75) is 25.3 Å². The van der Waals surface area contributed by atoms with Crippen LogP contribution in [0.15, 0.2) is 24.3 Å². The van der Waals surface area contributed by atoms with Gasteiger partial charge in [0.25, 0.3) is 0 Å². The summed E-state index contributed by atoms with van der Waals surface area (Å²) >= 11 is 0. The Hall–Kier alpha value is -1.51. The molecule has 3 nitrogen and oxygen atoms in total. The van der Waals surface area contributed by atoms with Gasteiger partial charge < -0.3 is 10.0 Å². The number of hydrogen-bond acceptors (Lipinski definition) is 2. The van der Waals surface area contributed by atoms with Crippen LogP contribution >= 0.6 is 0 Å². The fourth-order valence-corrected chi connectivity index (χ4v) is 2.20. The van der Waals surface area contributed by atoms with E-state index < -0.39 is 5.97 Å². The van der Waals surface area contributed by atoms with Crippen molar-refractivity contribution in [3.8, 4) is 0 Å². The van der Waals surface area contributed by atoms with E-state index in [1.807, 2.05) is 19.2 Å². The van der Waals surface area contributed by atoms with Crippen LogP contribution in [-0.2, 0) is 11.2 Å². The zero-order chi connectivity index (χ0) is 10.8. The second-order valence-corrected chi connectivity index (χ2v) is 4.03. The summed E-state index contributed by atoms with van der Waals surface area (Å²) in [6.45, 7) is 0. The van der Waals surface area contributed by atoms with Gasteiger partial charge in [0.2, 0.25) is 0 Å². The predicted octanol–water partition coefficient (Wildman–Crippen LogP) is 1.91. The van der Waals surface area contributed by atoms with E-state index in [2.05, 4.69) is 17.0 Å². The van der Waals surface area contributed by atoms with Crippen LogP contribution in [0.3, 0.4) is 0 Å². The second kappa shape index (κ2) is 3.93. The molecule has 15 heavy (non-hydrogen) atoms. The average Bonchev–Trinajstić information content (AvgIpc) is 2.54. The van der Waals surface area contributed by atoms with Gasteiger partial charge in [0.05, 0.1) is 0 Å². The molecule has 0 amide bonds. The van der Waals surface area contributed by atoms with E-state index in [4.69, 9.17) is 5.11 Å². The van der Waals surface area contributed by atoms with Gasteiger partial charge in [-0.2, -0.15) is 0 Å². The monoisotopic (exact) mass is 205 g/mol. The highest BCUT2D eigenvalue weighted by Crippen LogP contribution is 2.32. The Labute approximate surface area is 89.3 Å². The first-order valence-corrected chi connectivity index (χ1v) is 5.21. The third kappa shape index (κ3) is 1.96. The number of rotatable bonds is 3. The Balaban J connectivity index is 2.06. The van der Waals surface area contributed by atoms with Crippen LogP contribution in [0.4, 0.5) is 5.69 Å². The largest absolute Gasteiger partial charge is 0.481 e. The smallest absolute Gasteiger partial charge is 0.303 e. The van der Waals surface area contributed by atoms with E-state index >= 15 is 0 Å². The Morgan fingerprint density at radius 1 is 1.53 bits per heavy atom. The lowest BCUT2D eigenvalue weighted by molar-refractivity contribution is -0.137. The predicted molar refractivity (Wildman–Crippen MR) is 59.2 cm³/mol. The first kappa shape index (κ1) is 10.0. The molecule has 0 spiro atoms. The lowest BCUT2D eigenvalue weighted by Gasteiger charge is -2.21. The van der Waals surface area contributed by atoms with E-state index in [-0.39, 0.29) is 6.42 Å². The van der Waals surface area contributed by atoms with Crippen LogP contribution in [-0.4, -0.2) is 24.2 Å². The molecule has 1 aliphatic heterocycles. The van der Waals surface area contributed by atoms with E-state index in [0.717, 1.165) is 12.8 Å². The summed E-state index contributed by atoms with van der Waals surface area (Å²) in [7, 11) is 2.04. The Morgan fingerprint density at radius 3 is 2.93 bits per heavy atom. The minimum absolute atomic E-state index is 0.253. The zero-order valence-corrected chi connectivity index (χ0v) is 8.81. The highest BCUT2D eigenvalue weighted by atomic mass is 16.4. The molecule has 1 N–H and O–H groups in total. The first-order valence-electron chi connectivity index (χ1n) is 5.21. The van der Waals surface area contributed by atoms with Crippen molar-refractivity contribution >= 4 is 11.7 Å². The minimum atomic E-state index is -0.709. The lowest BCUT2D eigenvalue weighted by Crippen LogP contribution is -2.28. The van der Waals surface area contributed by atoms with Gasteiger partial charge in [-0.15, -0.1) is 0 Å². The van der Waals surface area contributed by atoms with Crippen LogP contribution in [0.1, 0.15) is 18.4 Å². The normalized spacial score (nSPS) is 19.0. The summed E-state index contributed by atoms with van der Waals surface area (Å²) in [6, 6.07) is 8.61. The summed E-state index contributed by atoms with van der Waals surface area (Å²) in [5.74, 6) is -0.709. The molecular formula is C12H15NO2. The van der Waals surface area contributed by atoms with Crippen molar-refractivity contribution in [3.63, 3.8) is 0 Å². The fraction of sp³-hybridized carbons (Fsp3) is 0.417. The van der Waals surface area contributed by atoms with Crippen LogP contribution < -0.4 is 4.90 Å². The number of carboxylic acid groups (broad SMARTS) is 1. The van der Waals surface area contributed by atoms with Gasteiger partial charge in [-0.3, -0.25) is 4.79 Å². The molecule has 0 radical (unpaired) electrons. The van der Waals surface area contributed by atoms with Crippen molar-refractivity contribution in [2.75, 3.05) is 11.9 Å². The maximum atomic E-state index is 10.5. The number of carbonyl (C=O) groups is 1. The molecule has 80 valence electrons. The van der Waals surface area contributed by atoms with Gasteiger partial charge in [0.1, 0.15) is 0 Å². The average molecular weight is 205 g/mol. The summed E-state index contributed by atoms with van der Waals surface area (Å²) < 4.78 is 0. The van der Waals surface area contributed by atoms with Gasteiger partial charge in [0, 0.05) is 25.2 Å². The Morgan fingerprint density at radius 2 is 2.27 bits per heavy atom. The van der Waals surface area contributed by atoms with E-state index in [1.54, 1.807) is 0 Å². The molecule has 3 heteroatoms. The highest BCUT2D eigenvalue weighted by Gasteiger charge is 2.25. The number of benzene rings is 1. The van der Waals surface area contributed by atoms with E-state index in [9.17, 15) is 4.79 Å². The van der Waals surface area contributed by atoms with Crippen LogP contribution in [0.2, 0.25) is 0 Å². The Bertz CT molecular complexity index is 376. The first-order chi connectivity index (χ1) is 7.18. The van der Waals surface area contributed by atoms with Crippen molar-refractivity contribution < 1.29 is 9.90 Å². The number of hydrogen-bond donors (Lipinski definition) is 1. The van der Waals surface area contributed by atoms with E-state index in [1.165, 1.54) is 11.3 Å². The number of anilines is 1. The molecule has 2 rings (SSSR count). The third-order valence-electron chi connectivity index (χ3n) is 3.07. The third-order valence-corrected chi connectivity index (χ3v) is 3.07. The zero-order valence-electron chi connectivity index (χ0n) is 8.81. The topological polar surface area (TPSA) is 40.5 Å². The quantitative estimate of drug-likeness (QED) is 0.819. The molecule has 1 aliphatic rings. The SMILES string of the molecule is CN1c2ccccc2CC1CCC(=O)O. The van der Waals surface area contributed by atoms with Gasteiger partial charge in [-0.05, 0) is 24.5 Å². The second-order valence-electron chi connectivity index (χ2n) is 4.03. The van der Waals surface area contributed by atoms with Crippen molar-refractivity contribution in [3.05, 3.63) is 29.8 Å². The summed E-state index contributed by atoms with van der Waals surface area (Å²) in [5.41, 5.74) is 2.57. The summed E-state index contributed by atoms with van der Waals surface area (Å²) in [5, 5.41) is 8.66. The number of fused-ring (bicyclic) bond motifs is 1. The maximum absolute atomic E-state index is 10.5. The molecule has 1 unspecified atom stereocenters. The van der Waals surface area contributed by atoms with Crippen molar-refractivity contribution in [1.82, 2.24) is 0 Å². The number of aliphatic carboxylic acids is 1. The molecule has 0 bridgehead atoms. The molecule has 1 aromatic rings. The summed E-state index contributed by atoms with van der Waals surface area (Å²) in [4.78, 5) is 12.7. The van der Waals surface area contributed by atoms with Crippen molar-refractivity contribution in [1.29, 1.82) is 0 Å². The maximum Gasteiger partial charge on any atom is 0.303 e. The van der Waals surface area contributed by atoms with Crippen LogP contribution in [0.25, 0.3) is 0 Å². The molecule has 0 saturated heterocycles. The number of likely N-dealkylation sites (N-methyl/N-ethyl adjacent to an activating group) is 1. The molecule has 1 heterocycles.